The van der Waals surface area contributed by atoms with Crippen LogP contribution in [0.1, 0.15) is 33.6 Å². The lowest BCUT2D eigenvalue weighted by atomic mass is 9.79. The lowest BCUT2D eigenvalue weighted by Crippen LogP contribution is -2.23. The molecule has 0 amide bonds. The quantitative estimate of drug-likeness (QED) is 0.709. The number of hydrogen-bond acceptors (Lipinski definition) is 3. The monoisotopic (exact) mass is 240 g/mol. The highest BCUT2D eigenvalue weighted by Crippen LogP contribution is 2.34. The Morgan fingerprint density at radius 1 is 0.944 bits per heavy atom. The summed E-state index contributed by atoms with van der Waals surface area (Å²) in [5.41, 5.74) is 2.26. The van der Waals surface area contributed by atoms with E-state index < -0.39 is 0 Å². The van der Waals surface area contributed by atoms with Gasteiger partial charge in [0.15, 0.2) is 11.6 Å². The Morgan fingerprint density at radius 3 is 2.17 bits per heavy atom. The molecule has 0 radical (unpaired) electrons. The molecule has 0 saturated heterocycles. The van der Waals surface area contributed by atoms with Crippen molar-refractivity contribution >= 4 is 11.6 Å². The van der Waals surface area contributed by atoms with Crippen molar-refractivity contribution in [1.29, 1.82) is 0 Å². The summed E-state index contributed by atoms with van der Waals surface area (Å²) in [5, 5.41) is 0. The molecule has 0 aliphatic heterocycles. The molecule has 0 saturated carbocycles. The Hall–Kier alpha value is -2.16. The van der Waals surface area contributed by atoms with E-state index in [1.54, 1.807) is 25.3 Å². The topological polar surface area (TPSA) is 43.4 Å². The van der Waals surface area contributed by atoms with Gasteiger partial charge in [-0.3, -0.25) is 9.59 Å². The first-order valence-electron chi connectivity index (χ1n) is 5.87. The first-order valence-corrected chi connectivity index (χ1v) is 5.87. The third-order valence-corrected chi connectivity index (χ3v) is 3.44. The Labute approximate surface area is 105 Å². The van der Waals surface area contributed by atoms with E-state index in [0.717, 1.165) is 0 Å². The van der Waals surface area contributed by atoms with Gasteiger partial charge in [-0.05, 0) is 31.0 Å². The van der Waals surface area contributed by atoms with Gasteiger partial charge in [0.25, 0.3) is 0 Å². The number of carbonyl (C=O) groups is 2. The number of allylic oxidation sites excluding steroid dienone is 4. The fraction of sp³-hybridized carbons (Fsp3) is 0.200. The summed E-state index contributed by atoms with van der Waals surface area (Å²) >= 11 is 0. The minimum absolute atomic E-state index is 0.0217. The number of ether oxygens (including phenoxy) is 1. The highest BCUT2D eigenvalue weighted by Gasteiger charge is 2.32. The number of fused-ring (bicyclic) bond motifs is 1. The first kappa shape index (κ1) is 11.0. The van der Waals surface area contributed by atoms with Gasteiger partial charge in [0.1, 0.15) is 5.75 Å². The van der Waals surface area contributed by atoms with Crippen molar-refractivity contribution in [2.24, 2.45) is 0 Å². The molecule has 0 heterocycles. The van der Waals surface area contributed by atoms with E-state index in [1.807, 2.05) is 12.2 Å². The summed E-state index contributed by atoms with van der Waals surface area (Å²) in [4.78, 5) is 24.7. The molecule has 0 fully saturated rings. The van der Waals surface area contributed by atoms with Crippen LogP contribution in [0, 0.1) is 0 Å². The van der Waals surface area contributed by atoms with Crippen LogP contribution in [-0.4, -0.2) is 18.7 Å². The van der Waals surface area contributed by atoms with Gasteiger partial charge < -0.3 is 4.74 Å². The molecule has 2 aliphatic rings. The largest absolute Gasteiger partial charge is 0.497 e. The highest BCUT2D eigenvalue weighted by molar-refractivity contribution is 6.27. The summed E-state index contributed by atoms with van der Waals surface area (Å²) < 4.78 is 5.11. The average Bonchev–Trinajstić information content (AvgIpc) is 2.44. The van der Waals surface area contributed by atoms with Crippen LogP contribution in [0.2, 0.25) is 0 Å². The van der Waals surface area contributed by atoms with Crippen molar-refractivity contribution in [3.63, 3.8) is 0 Å². The van der Waals surface area contributed by atoms with Crippen LogP contribution in [0.5, 0.6) is 5.75 Å². The van der Waals surface area contributed by atoms with Crippen molar-refractivity contribution in [3.05, 3.63) is 52.6 Å². The van der Waals surface area contributed by atoms with Crippen LogP contribution < -0.4 is 4.74 Å². The zero-order valence-electron chi connectivity index (χ0n) is 10.0. The van der Waals surface area contributed by atoms with Crippen molar-refractivity contribution in [2.45, 2.75) is 12.8 Å². The zero-order valence-corrected chi connectivity index (χ0v) is 10.0. The van der Waals surface area contributed by atoms with E-state index in [1.165, 1.54) is 0 Å². The number of ketones is 2. The number of hydrogen-bond donors (Lipinski definition) is 0. The Bertz CT molecular complexity index is 621. The molecular weight excluding hydrogens is 228 g/mol. The second-order valence-corrected chi connectivity index (χ2v) is 4.41. The predicted molar refractivity (Wildman–Crippen MR) is 67.1 cm³/mol. The molecule has 90 valence electrons. The van der Waals surface area contributed by atoms with Crippen LogP contribution >= 0.6 is 0 Å². The number of methoxy groups -OCH3 is 1. The summed E-state index contributed by atoms with van der Waals surface area (Å²) in [7, 11) is 1.55. The number of rotatable bonds is 1. The Morgan fingerprint density at radius 2 is 1.56 bits per heavy atom. The fourth-order valence-corrected chi connectivity index (χ4v) is 2.47. The number of Topliss-reactive ketones (excluding diaryl/α,β-unsaturated/α-hetero) is 2. The zero-order chi connectivity index (χ0) is 12.7. The normalized spacial score (nSPS) is 17.6. The molecule has 2 aliphatic carbocycles. The molecule has 0 unspecified atom stereocenters. The molecule has 0 bridgehead atoms. The van der Waals surface area contributed by atoms with Crippen LogP contribution in [0.3, 0.4) is 0 Å². The van der Waals surface area contributed by atoms with Gasteiger partial charge in [0.05, 0.1) is 7.11 Å². The van der Waals surface area contributed by atoms with Gasteiger partial charge in [0.2, 0.25) is 0 Å². The fourth-order valence-electron chi connectivity index (χ4n) is 2.47. The van der Waals surface area contributed by atoms with Crippen LogP contribution in [0.4, 0.5) is 0 Å². The minimum Gasteiger partial charge on any atom is -0.497 e. The average molecular weight is 240 g/mol. The minimum atomic E-state index is -0.0390. The molecular formula is C15H12O3. The van der Waals surface area contributed by atoms with Crippen molar-refractivity contribution < 1.29 is 14.3 Å². The Kier molecular flexibility index (Phi) is 2.40. The lowest BCUT2D eigenvalue weighted by Gasteiger charge is -2.22. The standard InChI is InChI=1S/C15H12O3/c1-18-9-6-7-12-13(8-9)15(17)11-5-3-2-4-10(11)14(12)16/h2-3,6-8H,4-5H2,1H3. The summed E-state index contributed by atoms with van der Waals surface area (Å²) in [6.07, 6.45) is 5.00. The third-order valence-electron chi connectivity index (χ3n) is 3.44. The van der Waals surface area contributed by atoms with E-state index >= 15 is 0 Å². The molecule has 3 heteroatoms. The lowest BCUT2D eigenvalue weighted by molar-refractivity contribution is 0.0970. The van der Waals surface area contributed by atoms with Gasteiger partial charge in [-0.2, -0.15) is 0 Å². The molecule has 1 aromatic rings. The van der Waals surface area contributed by atoms with Gasteiger partial charge in [-0.15, -0.1) is 0 Å². The van der Waals surface area contributed by atoms with Crippen molar-refractivity contribution in [2.75, 3.05) is 7.11 Å². The van der Waals surface area contributed by atoms with Crippen molar-refractivity contribution in [1.82, 2.24) is 0 Å². The third kappa shape index (κ3) is 1.44. The molecule has 3 nitrogen and oxygen atoms in total. The Balaban J connectivity index is 2.17. The van der Waals surface area contributed by atoms with E-state index in [4.69, 9.17) is 4.74 Å². The van der Waals surface area contributed by atoms with Crippen LogP contribution in [-0.2, 0) is 0 Å². The maximum Gasteiger partial charge on any atom is 0.190 e. The van der Waals surface area contributed by atoms with Gasteiger partial charge in [-0.25, -0.2) is 0 Å². The molecule has 0 N–H and O–H groups in total. The number of carbonyl (C=O) groups excluding carboxylic acids is 2. The summed E-state index contributed by atoms with van der Waals surface area (Å²) in [5.74, 6) is 0.541. The maximum absolute atomic E-state index is 12.4. The molecule has 0 spiro atoms. The van der Waals surface area contributed by atoms with Gasteiger partial charge in [0, 0.05) is 22.3 Å². The van der Waals surface area contributed by atoms with Gasteiger partial charge >= 0.3 is 0 Å². The van der Waals surface area contributed by atoms with Crippen LogP contribution in [0.25, 0.3) is 0 Å². The summed E-state index contributed by atoms with van der Waals surface area (Å²) in [6.45, 7) is 0. The molecule has 0 aromatic heterocycles. The van der Waals surface area contributed by atoms with E-state index in [0.29, 0.717) is 40.9 Å². The second kappa shape index (κ2) is 3.95. The molecule has 3 rings (SSSR count). The predicted octanol–water partition coefficient (Wildman–Crippen LogP) is 2.72. The van der Waals surface area contributed by atoms with Crippen molar-refractivity contribution in [3.8, 4) is 5.75 Å². The smallest absolute Gasteiger partial charge is 0.190 e. The SMILES string of the molecule is COc1ccc2c(c1)C(=O)C1=C(CC=CC1)C2=O. The molecule has 18 heavy (non-hydrogen) atoms. The van der Waals surface area contributed by atoms with E-state index in [-0.39, 0.29) is 11.6 Å². The molecule has 0 atom stereocenters. The first-order chi connectivity index (χ1) is 8.72. The van der Waals surface area contributed by atoms with Gasteiger partial charge in [-0.1, -0.05) is 12.2 Å². The maximum atomic E-state index is 12.4. The summed E-state index contributed by atoms with van der Waals surface area (Å²) in [6, 6.07) is 5.04. The molecule has 1 aromatic carbocycles. The number of benzene rings is 1. The second-order valence-electron chi connectivity index (χ2n) is 4.41. The van der Waals surface area contributed by atoms with Crippen LogP contribution in [0.15, 0.2) is 41.5 Å². The van der Waals surface area contributed by atoms with E-state index in [9.17, 15) is 9.59 Å². The highest BCUT2D eigenvalue weighted by atomic mass is 16.5. The van der Waals surface area contributed by atoms with E-state index in [2.05, 4.69) is 0 Å².